The van der Waals surface area contributed by atoms with E-state index in [9.17, 15) is 0 Å². The van der Waals surface area contributed by atoms with Gasteiger partial charge in [0.25, 0.3) is 0 Å². The van der Waals surface area contributed by atoms with Gasteiger partial charge >= 0.3 is 0 Å². The van der Waals surface area contributed by atoms with Gasteiger partial charge in [-0.25, -0.2) is 0 Å². The first-order valence-corrected chi connectivity index (χ1v) is 6.23. The SMILES string of the molecule is CC(C)NCCCNC(C)C.OCCCO. The van der Waals surface area contributed by atoms with E-state index in [0.717, 1.165) is 13.1 Å². The monoisotopic (exact) mass is 234 g/mol. The van der Waals surface area contributed by atoms with Gasteiger partial charge in [-0.15, -0.1) is 0 Å². The van der Waals surface area contributed by atoms with Crippen LogP contribution in [0, 0.1) is 0 Å². The van der Waals surface area contributed by atoms with Crippen molar-refractivity contribution in [3.63, 3.8) is 0 Å². The smallest absolute Gasteiger partial charge is 0.0452 e. The van der Waals surface area contributed by atoms with Crippen LogP contribution in [0.5, 0.6) is 0 Å². The Morgan fingerprint density at radius 1 is 0.750 bits per heavy atom. The lowest BCUT2D eigenvalue weighted by atomic mass is 10.3. The van der Waals surface area contributed by atoms with Crippen molar-refractivity contribution in [1.82, 2.24) is 10.6 Å². The Hall–Kier alpha value is -0.160. The summed E-state index contributed by atoms with van der Waals surface area (Å²) in [6.45, 7) is 11.1. The summed E-state index contributed by atoms with van der Waals surface area (Å²) in [6, 6.07) is 1.24. The maximum Gasteiger partial charge on any atom is 0.0452 e. The van der Waals surface area contributed by atoms with E-state index in [1.165, 1.54) is 6.42 Å². The third-order valence-electron chi connectivity index (χ3n) is 1.77. The molecule has 0 radical (unpaired) electrons. The molecule has 0 amide bonds. The number of nitrogens with one attached hydrogen (secondary N) is 2. The predicted octanol–water partition coefficient (Wildman–Crippen LogP) is 0.734. The normalized spacial score (nSPS) is 10.5. The van der Waals surface area contributed by atoms with Gasteiger partial charge in [-0.3, -0.25) is 0 Å². The molecule has 0 bridgehead atoms. The Balaban J connectivity index is 0. The minimum atomic E-state index is 0.0938. The van der Waals surface area contributed by atoms with Crippen molar-refractivity contribution < 1.29 is 10.2 Å². The summed E-state index contributed by atoms with van der Waals surface area (Å²) in [5.74, 6) is 0. The second kappa shape index (κ2) is 14.8. The van der Waals surface area contributed by atoms with E-state index >= 15 is 0 Å². The molecule has 0 unspecified atom stereocenters. The van der Waals surface area contributed by atoms with Crippen LogP contribution in [-0.2, 0) is 0 Å². The maximum atomic E-state index is 7.91. The van der Waals surface area contributed by atoms with Crippen LogP contribution in [0.4, 0.5) is 0 Å². The molecule has 16 heavy (non-hydrogen) atoms. The molecule has 0 aromatic carbocycles. The second-order valence-electron chi connectivity index (χ2n) is 4.37. The number of hydrogen-bond donors (Lipinski definition) is 4. The average molecular weight is 234 g/mol. The minimum absolute atomic E-state index is 0.0938. The second-order valence-corrected chi connectivity index (χ2v) is 4.37. The van der Waals surface area contributed by atoms with Gasteiger partial charge in [0.2, 0.25) is 0 Å². The molecule has 0 aromatic rings. The first-order valence-electron chi connectivity index (χ1n) is 6.23. The van der Waals surface area contributed by atoms with E-state index in [1.807, 2.05) is 0 Å². The predicted molar refractivity (Wildman–Crippen MR) is 69.7 cm³/mol. The summed E-state index contributed by atoms with van der Waals surface area (Å²) >= 11 is 0. The molecule has 0 saturated heterocycles. The van der Waals surface area contributed by atoms with Crippen LogP contribution in [0.25, 0.3) is 0 Å². The van der Waals surface area contributed by atoms with Gasteiger partial charge in [0.1, 0.15) is 0 Å². The van der Waals surface area contributed by atoms with E-state index < -0.39 is 0 Å². The molecule has 0 aromatic heterocycles. The van der Waals surface area contributed by atoms with Crippen LogP contribution < -0.4 is 10.6 Å². The Morgan fingerprint density at radius 3 is 1.31 bits per heavy atom. The molecule has 0 fully saturated rings. The summed E-state index contributed by atoms with van der Waals surface area (Å²) in [6.07, 6.45) is 1.72. The Morgan fingerprint density at radius 2 is 1.12 bits per heavy atom. The molecule has 4 nitrogen and oxygen atoms in total. The summed E-state index contributed by atoms with van der Waals surface area (Å²) in [5.41, 5.74) is 0. The lowest BCUT2D eigenvalue weighted by Crippen LogP contribution is -2.29. The molecule has 0 atom stereocenters. The molecule has 100 valence electrons. The molecular weight excluding hydrogens is 204 g/mol. The van der Waals surface area contributed by atoms with Crippen molar-refractivity contribution in [3.05, 3.63) is 0 Å². The zero-order chi connectivity index (χ0) is 12.8. The van der Waals surface area contributed by atoms with E-state index in [1.54, 1.807) is 0 Å². The van der Waals surface area contributed by atoms with Crippen molar-refractivity contribution in [2.45, 2.75) is 52.6 Å². The third-order valence-corrected chi connectivity index (χ3v) is 1.77. The van der Waals surface area contributed by atoms with Crippen molar-refractivity contribution in [2.75, 3.05) is 26.3 Å². The molecule has 4 N–H and O–H groups in total. The highest BCUT2D eigenvalue weighted by Crippen LogP contribution is 1.81. The number of aliphatic hydroxyl groups is 2. The van der Waals surface area contributed by atoms with Crippen LogP contribution in [0.3, 0.4) is 0 Å². The van der Waals surface area contributed by atoms with Gasteiger partial charge in [0.15, 0.2) is 0 Å². The van der Waals surface area contributed by atoms with E-state index in [0.29, 0.717) is 18.5 Å². The van der Waals surface area contributed by atoms with Gasteiger partial charge < -0.3 is 20.8 Å². The first-order chi connectivity index (χ1) is 7.54. The third kappa shape index (κ3) is 23.6. The molecule has 0 aliphatic carbocycles. The fourth-order valence-electron chi connectivity index (χ4n) is 0.941. The Kier molecular flexibility index (Phi) is 16.9. The highest BCUT2D eigenvalue weighted by Gasteiger charge is 1.92. The molecule has 4 heteroatoms. The first kappa shape index (κ1) is 18.2. The Labute approximate surface area is 100 Å². The lowest BCUT2D eigenvalue weighted by Gasteiger charge is -2.09. The van der Waals surface area contributed by atoms with Gasteiger partial charge in [-0.2, -0.15) is 0 Å². The van der Waals surface area contributed by atoms with Crippen LogP contribution in [0.2, 0.25) is 0 Å². The topological polar surface area (TPSA) is 64.5 Å². The maximum absolute atomic E-state index is 7.91. The number of aliphatic hydroxyl groups excluding tert-OH is 2. The van der Waals surface area contributed by atoms with Crippen molar-refractivity contribution in [3.8, 4) is 0 Å². The summed E-state index contributed by atoms with van der Waals surface area (Å²) in [5, 5.41) is 22.6. The zero-order valence-corrected chi connectivity index (χ0v) is 11.3. The van der Waals surface area contributed by atoms with Gasteiger partial charge in [0.05, 0.1) is 0 Å². The highest BCUT2D eigenvalue weighted by molar-refractivity contribution is 4.56. The van der Waals surface area contributed by atoms with Crippen LogP contribution >= 0.6 is 0 Å². The van der Waals surface area contributed by atoms with Gasteiger partial charge in [-0.1, -0.05) is 27.7 Å². The van der Waals surface area contributed by atoms with E-state index in [-0.39, 0.29) is 13.2 Å². The fraction of sp³-hybridized carbons (Fsp3) is 1.00. The molecule has 0 aliphatic rings. The minimum Gasteiger partial charge on any atom is -0.396 e. The van der Waals surface area contributed by atoms with Gasteiger partial charge in [-0.05, 0) is 25.9 Å². The molecule has 0 rings (SSSR count). The fourth-order valence-corrected chi connectivity index (χ4v) is 0.941. The molecule has 0 spiro atoms. The van der Waals surface area contributed by atoms with E-state index in [2.05, 4.69) is 38.3 Å². The van der Waals surface area contributed by atoms with Gasteiger partial charge in [0, 0.05) is 25.3 Å². The number of hydrogen-bond acceptors (Lipinski definition) is 4. The summed E-state index contributed by atoms with van der Waals surface area (Å²) in [4.78, 5) is 0. The largest absolute Gasteiger partial charge is 0.396 e. The summed E-state index contributed by atoms with van der Waals surface area (Å²) in [7, 11) is 0. The molecule has 0 aliphatic heterocycles. The van der Waals surface area contributed by atoms with Crippen molar-refractivity contribution in [2.24, 2.45) is 0 Å². The molecule has 0 heterocycles. The summed E-state index contributed by atoms with van der Waals surface area (Å²) < 4.78 is 0. The highest BCUT2D eigenvalue weighted by atomic mass is 16.3. The van der Waals surface area contributed by atoms with Crippen LogP contribution in [0.15, 0.2) is 0 Å². The van der Waals surface area contributed by atoms with Crippen LogP contribution in [-0.4, -0.2) is 48.6 Å². The molecule has 0 saturated carbocycles. The zero-order valence-electron chi connectivity index (χ0n) is 11.3. The Bertz CT molecular complexity index is 108. The number of rotatable bonds is 8. The van der Waals surface area contributed by atoms with Crippen LogP contribution in [0.1, 0.15) is 40.5 Å². The van der Waals surface area contributed by atoms with Crippen molar-refractivity contribution >= 4 is 0 Å². The average Bonchev–Trinajstić information content (AvgIpc) is 2.18. The lowest BCUT2D eigenvalue weighted by molar-refractivity contribution is 0.221. The van der Waals surface area contributed by atoms with Crippen molar-refractivity contribution in [1.29, 1.82) is 0 Å². The molecular formula is C12H30N2O2. The quantitative estimate of drug-likeness (QED) is 0.468. The standard InChI is InChI=1S/C9H22N2.C3H8O2/c1-8(2)10-6-5-7-11-9(3)4;4-2-1-3-5/h8-11H,5-7H2,1-4H3;4-5H,1-3H2. The van der Waals surface area contributed by atoms with E-state index in [4.69, 9.17) is 10.2 Å².